The average molecular weight is 331 g/mol. The predicted molar refractivity (Wildman–Crippen MR) is 86.7 cm³/mol. The van der Waals surface area contributed by atoms with Crippen molar-refractivity contribution < 1.29 is 13.2 Å². The van der Waals surface area contributed by atoms with E-state index in [0.29, 0.717) is 18.0 Å². The van der Waals surface area contributed by atoms with Crippen LogP contribution in [0, 0.1) is 0 Å². The Morgan fingerprint density at radius 1 is 1.33 bits per heavy atom. The normalized spacial score (nSPS) is 11.6. The van der Waals surface area contributed by atoms with E-state index in [2.05, 4.69) is 5.32 Å². The van der Waals surface area contributed by atoms with Crippen molar-refractivity contribution in [3.63, 3.8) is 0 Å². The molecule has 1 aromatic rings. The number of nitrogens with two attached hydrogens (primary N) is 1. The first-order valence-electron chi connectivity index (χ1n) is 6.54. The number of nitrogens with zero attached hydrogens (tertiary/aromatic N) is 1. The largest absolute Gasteiger partial charge is 0.399 e. The lowest BCUT2D eigenvalue weighted by Crippen LogP contribution is -2.39. The highest BCUT2D eigenvalue weighted by Crippen LogP contribution is 2.19. The van der Waals surface area contributed by atoms with Gasteiger partial charge in [0.15, 0.2) is 0 Å². The van der Waals surface area contributed by atoms with Crippen LogP contribution in [0.5, 0.6) is 0 Å². The molecule has 0 radical (unpaired) electrons. The van der Waals surface area contributed by atoms with Gasteiger partial charge < -0.3 is 11.1 Å². The summed E-state index contributed by atoms with van der Waals surface area (Å²) < 4.78 is 25.1. The van der Waals surface area contributed by atoms with Gasteiger partial charge in [-0.05, 0) is 31.2 Å². The Bertz CT molecular complexity index is 559. The van der Waals surface area contributed by atoms with Crippen molar-refractivity contribution >= 4 is 33.4 Å². The lowest BCUT2D eigenvalue weighted by Gasteiger charge is -2.16. The zero-order valence-electron chi connectivity index (χ0n) is 12.2. The van der Waals surface area contributed by atoms with Crippen molar-refractivity contribution in [2.75, 3.05) is 37.4 Å². The number of hydrogen-bond acceptors (Lipinski definition) is 5. The highest BCUT2D eigenvalue weighted by Gasteiger charge is 2.19. The van der Waals surface area contributed by atoms with Crippen LogP contribution in [-0.2, 0) is 14.8 Å². The lowest BCUT2D eigenvalue weighted by atomic mass is 10.3. The van der Waals surface area contributed by atoms with Gasteiger partial charge in [0.25, 0.3) is 0 Å². The molecule has 0 heterocycles. The van der Waals surface area contributed by atoms with Gasteiger partial charge in [-0.3, -0.25) is 4.79 Å². The Kier molecular flexibility index (Phi) is 7.00. The second kappa shape index (κ2) is 8.26. The van der Waals surface area contributed by atoms with Crippen molar-refractivity contribution in [1.29, 1.82) is 0 Å². The van der Waals surface area contributed by atoms with E-state index in [4.69, 9.17) is 5.73 Å². The summed E-state index contributed by atoms with van der Waals surface area (Å²) in [6.07, 6.45) is 0. The summed E-state index contributed by atoms with van der Waals surface area (Å²) in [4.78, 5) is 12.4. The predicted octanol–water partition coefficient (Wildman–Crippen LogP) is 0.759. The molecule has 1 amide bonds. The van der Waals surface area contributed by atoms with E-state index in [9.17, 15) is 13.2 Å². The number of benzene rings is 1. The molecule has 1 rings (SSSR count). The molecule has 0 spiro atoms. The van der Waals surface area contributed by atoms with Crippen molar-refractivity contribution in [2.45, 2.75) is 11.8 Å². The molecule has 118 valence electrons. The number of rotatable bonds is 8. The summed E-state index contributed by atoms with van der Waals surface area (Å²) >= 11 is 1.44. The van der Waals surface area contributed by atoms with Crippen LogP contribution < -0.4 is 11.1 Å². The minimum atomic E-state index is -3.43. The molecule has 1 aromatic carbocycles. The number of nitrogens with one attached hydrogen (secondary N) is 1. The van der Waals surface area contributed by atoms with Gasteiger partial charge in [-0.2, -0.15) is 4.31 Å². The molecular weight excluding hydrogens is 310 g/mol. The molecule has 0 aromatic heterocycles. The van der Waals surface area contributed by atoms with Crippen molar-refractivity contribution in [2.24, 2.45) is 0 Å². The molecule has 8 heteroatoms. The Labute approximate surface area is 130 Å². The molecule has 0 unspecified atom stereocenters. The van der Waals surface area contributed by atoms with Crippen molar-refractivity contribution in [3.05, 3.63) is 24.3 Å². The van der Waals surface area contributed by atoms with Crippen LogP contribution in [0.4, 0.5) is 5.69 Å². The smallest absolute Gasteiger partial charge is 0.235 e. The van der Waals surface area contributed by atoms with Gasteiger partial charge in [0.05, 0.1) is 12.3 Å². The number of carbonyl (C=O) groups excluding carboxylic acids is 1. The number of nitrogen functional groups attached to an aromatic ring is 1. The Balaban J connectivity index is 2.45. The van der Waals surface area contributed by atoms with Crippen LogP contribution in [0.1, 0.15) is 6.92 Å². The zero-order valence-corrected chi connectivity index (χ0v) is 13.8. The molecule has 0 saturated heterocycles. The third kappa shape index (κ3) is 6.36. The molecule has 0 fully saturated rings. The van der Waals surface area contributed by atoms with Crippen LogP contribution >= 0.6 is 11.8 Å². The van der Waals surface area contributed by atoms with Gasteiger partial charge in [0.2, 0.25) is 15.9 Å². The monoisotopic (exact) mass is 331 g/mol. The maximum absolute atomic E-state index is 12.0. The SMILES string of the molecule is CCNC(=O)CN(C)S(=O)(=O)CCSc1ccc(N)cc1. The first-order chi connectivity index (χ1) is 9.85. The highest BCUT2D eigenvalue weighted by molar-refractivity contribution is 8.00. The number of sulfonamides is 1. The van der Waals surface area contributed by atoms with Crippen LogP contribution in [0.15, 0.2) is 29.2 Å². The minimum Gasteiger partial charge on any atom is -0.399 e. The van der Waals surface area contributed by atoms with E-state index >= 15 is 0 Å². The van der Waals surface area contributed by atoms with Crippen molar-refractivity contribution in [3.8, 4) is 0 Å². The van der Waals surface area contributed by atoms with Crippen LogP contribution in [0.3, 0.4) is 0 Å². The van der Waals surface area contributed by atoms with Gasteiger partial charge in [0, 0.05) is 29.9 Å². The summed E-state index contributed by atoms with van der Waals surface area (Å²) in [6, 6.07) is 7.26. The van der Waals surface area contributed by atoms with Crippen molar-refractivity contribution in [1.82, 2.24) is 9.62 Å². The van der Waals surface area contributed by atoms with Gasteiger partial charge in [-0.1, -0.05) is 0 Å². The Hall–Kier alpha value is -1.25. The maximum Gasteiger partial charge on any atom is 0.235 e. The van der Waals surface area contributed by atoms with E-state index < -0.39 is 10.0 Å². The summed E-state index contributed by atoms with van der Waals surface area (Å²) in [5.74, 6) is 0.110. The molecule has 0 aliphatic heterocycles. The van der Waals surface area contributed by atoms with E-state index in [1.165, 1.54) is 18.8 Å². The van der Waals surface area contributed by atoms with Crippen LogP contribution in [0.2, 0.25) is 0 Å². The van der Waals surface area contributed by atoms with Gasteiger partial charge in [0.1, 0.15) is 0 Å². The number of hydrogen-bond donors (Lipinski definition) is 2. The summed E-state index contributed by atoms with van der Waals surface area (Å²) in [5.41, 5.74) is 6.26. The third-order valence-corrected chi connectivity index (χ3v) is 5.78. The second-order valence-electron chi connectivity index (χ2n) is 4.44. The molecule has 0 atom stereocenters. The first-order valence-corrected chi connectivity index (χ1v) is 9.13. The number of likely N-dealkylation sites (N-methyl/N-ethyl adjacent to an activating group) is 2. The molecule has 6 nitrogen and oxygen atoms in total. The Morgan fingerprint density at radius 2 is 1.95 bits per heavy atom. The molecule has 3 N–H and O–H groups in total. The summed E-state index contributed by atoms with van der Waals surface area (Å²) in [7, 11) is -2.01. The van der Waals surface area contributed by atoms with Crippen LogP contribution in [-0.4, -0.2) is 50.3 Å². The fourth-order valence-corrected chi connectivity index (χ4v) is 3.90. The molecule has 0 aliphatic carbocycles. The number of amides is 1. The minimum absolute atomic E-state index is 0.0159. The number of anilines is 1. The average Bonchev–Trinajstić information content (AvgIpc) is 2.41. The number of carbonyl (C=O) groups is 1. The first kappa shape index (κ1) is 17.8. The van der Waals surface area contributed by atoms with E-state index in [1.807, 2.05) is 12.1 Å². The quantitative estimate of drug-likeness (QED) is 0.542. The second-order valence-corrected chi connectivity index (χ2v) is 7.81. The fourth-order valence-electron chi connectivity index (χ4n) is 1.54. The molecule has 0 aliphatic rings. The molecule has 21 heavy (non-hydrogen) atoms. The zero-order chi connectivity index (χ0) is 15.9. The summed E-state index contributed by atoms with van der Waals surface area (Å²) in [5, 5.41) is 2.57. The molecule has 0 bridgehead atoms. The summed E-state index contributed by atoms with van der Waals surface area (Å²) in [6.45, 7) is 2.12. The van der Waals surface area contributed by atoms with Gasteiger partial charge in [-0.25, -0.2) is 8.42 Å². The highest BCUT2D eigenvalue weighted by atomic mass is 32.2. The third-order valence-electron chi connectivity index (χ3n) is 2.71. The fraction of sp³-hybridized carbons (Fsp3) is 0.462. The van der Waals surface area contributed by atoms with Gasteiger partial charge >= 0.3 is 0 Å². The van der Waals surface area contributed by atoms with Gasteiger partial charge in [-0.15, -0.1) is 11.8 Å². The molecular formula is C13H21N3O3S2. The maximum atomic E-state index is 12.0. The lowest BCUT2D eigenvalue weighted by molar-refractivity contribution is -0.121. The number of thioether (sulfide) groups is 1. The standard InChI is InChI=1S/C13H21N3O3S2/c1-3-15-13(17)10-16(2)21(18,19)9-8-20-12-6-4-11(14)5-7-12/h4-7H,3,8-10,14H2,1-2H3,(H,15,17). The van der Waals surface area contributed by atoms with E-state index in [0.717, 1.165) is 9.20 Å². The van der Waals surface area contributed by atoms with E-state index in [-0.39, 0.29) is 18.2 Å². The topological polar surface area (TPSA) is 92.5 Å². The van der Waals surface area contributed by atoms with E-state index in [1.54, 1.807) is 19.1 Å². The Morgan fingerprint density at radius 3 is 2.52 bits per heavy atom. The van der Waals surface area contributed by atoms with Crippen LogP contribution in [0.25, 0.3) is 0 Å². The molecule has 0 saturated carbocycles.